The van der Waals surface area contributed by atoms with E-state index in [9.17, 15) is 4.79 Å². The second kappa shape index (κ2) is 11.4. The molecule has 1 heterocycles. The summed E-state index contributed by atoms with van der Waals surface area (Å²) < 4.78 is 5.41. The van der Waals surface area contributed by atoms with Gasteiger partial charge in [-0.1, -0.05) is 61.5 Å². The summed E-state index contributed by atoms with van der Waals surface area (Å²) in [5.41, 5.74) is 3.59. The van der Waals surface area contributed by atoms with E-state index in [1.807, 2.05) is 35.2 Å². The van der Waals surface area contributed by atoms with Crippen molar-refractivity contribution >= 4 is 11.9 Å². The molecule has 3 rings (SSSR count). The molecule has 0 spiro atoms. The predicted molar refractivity (Wildman–Crippen MR) is 121 cm³/mol. The Morgan fingerprint density at radius 3 is 2.37 bits per heavy atom. The smallest absolute Gasteiger partial charge is 0.232 e. The van der Waals surface area contributed by atoms with E-state index in [-0.39, 0.29) is 11.8 Å². The fraction of sp³-hybridized carbons (Fsp3) is 0.417. The SMILES string of the molecule is CCc1ccccc1CNC(=NC)NCC(C(=O)N1CCOCC1)c1ccccc1. The number of carbonyl (C=O) groups is 1. The highest BCUT2D eigenvalue weighted by molar-refractivity contribution is 5.86. The molecule has 0 radical (unpaired) electrons. The molecule has 160 valence electrons. The molecule has 1 saturated heterocycles. The Morgan fingerprint density at radius 2 is 1.70 bits per heavy atom. The van der Waals surface area contributed by atoms with Crippen molar-refractivity contribution in [2.75, 3.05) is 39.9 Å². The van der Waals surface area contributed by atoms with Gasteiger partial charge in [0, 0.05) is 33.2 Å². The molecule has 1 aliphatic rings. The molecule has 0 bridgehead atoms. The Kier molecular flexibility index (Phi) is 8.27. The van der Waals surface area contributed by atoms with Gasteiger partial charge in [-0.25, -0.2) is 0 Å². The highest BCUT2D eigenvalue weighted by Crippen LogP contribution is 2.19. The summed E-state index contributed by atoms with van der Waals surface area (Å²) in [5.74, 6) is 0.547. The van der Waals surface area contributed by atoms with Crippen molar-refractivity contribution in [3.8, 4) is 0 Å². The zero-order chi connectivity index (χ0) is 21.2. The average molecular weight is 409 g/mol. The van der Waals surface area contributed by atoms with Crippen molar-refractivity contribution in [3.63, 3.8) is 0 Å². The second-order valence-electron chi connectivity index (χ2n) is 7.33. The normalized spacial score (nSPS) is 15.5. The molecule has 6 heteroatoms. The summed E-state index contributed by atoms with van der Waals surface area (Å²) >= 11 is 0. The molecule has 0 saturated carbocycles. The molecular formula is C24H32N4O2. The standard InChI is InChI=1S/C24H32N4O2/c1-3-19-9-7-8-12-21(19)17-26-24(25-2)27-18-22(20-10-5-4-6-11-20)23(29)28-13-15-30-16-14-28/h4-12,22H,3,13-18H2,1-2H3,(H2,25,26,27). The third-order valence-corrected chi connectivity index (χ3v) is 5.47. The van der Waals surface area contributed by atoms with Crippen molar-refractivity contribution in [1.29, 1.82) is 0 Å². The van der Waals surface area contributed by atoms with Crippen molar-refractivity contribution in [2.24, 2.45) is 4.99 Å². The van der Waals surface area contributed by atoms with E-state index in [2.05, 4.69) is 46.8 Å². The Balaban J connectivity index is 1.65. The maximum atomic E-state index is 13.2. The van der Waals surface area contributed by atoms with Crippen LogP contribution < -0.4 is 10.6 Å². The van der Waals surface area contributed by atoms with E-state index < -0.39 is 0 Å². The number of amides is 1. The van der Waals surface area contributed by atoms with Gasteiger partial charge in [-0.05, 0) is 23.1 Å². The second-order valence-corrected chi connectivity index (χ2v) is 7.33. The summed E-state index contributed by atoms with van der Waals surface area (Å²) in [4.78, 5) is 19.5. The van der Waals surface area contributed by atoms with E-state index >= 15 is 0 Å². The Labute approximate surface area is 179 Å². The number of aliphatic imine (C=N–C) groups is 1. The number of benzene rings is 2. The van der Waals surface area contributed by atoms with Crippen LogP contribution in [0.3, 0.4) is 0 Å². The summed E-state index contributed by atoms with van der Waals surface area (Å²) in [6.45, 7) is 5.81. The lowest BCUT2D eigenvalue weighted by molar-refractivity contribution is -0.136. The Bertz CT molecular complexity index is 832. The topological polar surface area (TPSA) is 66.0 Å². The molecular weight excluding hydrogens is 376 g/mol. The average Bonchev–Trinajstić information content (AvgIpc) is 2.82. The molecule has 1 unspecified atom stereocenters. The van der Waals surface area contributed by atoms with E-state index in [1.165, 1.54) is 11.1 Å². The first-order valence-corrected chi connectivity index (χ1v) is 10.7. The minimum Gasteiger partial charge on any atom is -0.378 e. The number of ether oxygens (including phenoxy) is 1. The summed E-state index contributed by atoms with van der Waals surface area (Å²) in [7, 11) is 1.75. The van der Waals surface area contributed by atoms with Crippen molar-refractivity contribution < 1.29 is 9.53 Å². The van der Waals surface area contributed by atoms with Crippen molar-refractivity contribution in [3.05, 3.63) is 71.3 Å². The van der Waals surface area contributed by atoms with Crippen LogP contribution in [0.5, 0.6) is 0 Å². The summed E-state index contributed by atoms with van der Waals surface area (Å²) in [6.07, 6.45) is 0.994. The number of aryl methyl sites for hydroxylation is 1. The van der Waals surface area contributed by atoms with Crippen LogP contribution in [0.25, 0.3) is 0 Å². The van der Waals surface area contributed by atoms with E-state index in [0.717, 1.165) is 12.0 Å². The van der Waals surface area contributed by atoms with E-state index in [1.54, 1.807) is 7.05 Å². The highest BCUT2D eigenvalue weighted by atomic mass is 16.5. The molecule has 1 fully saturated rings. The summed E-state index contributed by atoms with van der Waals surface area (Å²) in [6, 6.07) is 18.4. The maximum absolute atomic E-state index is 13.2. The first-order chi connectivity index (χ1) is 14.7. The predicted octanol–water partition coefficient (Wildman–Crippen LogP) is 2.56. The first kappa shape index (κ1) is 21.8. The molecule has 1 amide bonds. The van der Waals surface area contributed by atoms with Gasteiger partial charge in [-0.2, -0.15) is 0 Å². The van der Waals surface area contributed by atoms with Crippen LogP contribution in [-0.4, -0.2) is 56.7 Å². The molecule has 2 aromatic carbocycles. The third kappa shape index (κ3) is 5.83. The van der Waals surface area contributed by atoms with Gasteiger partial charge in [0.15, 0.2) is 5.96 Å². The van der Waals surface area contributed by atoms with Gasteiger partial charge in [-0.15, -0.1) is 0 Å². The number of nitrogens with zero attached hydrogens (tertiary/aromatic N) is 2. The molecule has 6 nitrogen and oxygen atoms in total. The van der Waals surface area contributed by atoms with Gasteiger partial charge in [-0.3, -0.25) is 9.79 Å². The fourth-order valence-corrected chi connectivity index (χ4v) is 3.71. The van der Waals surface area contributed by atoms with Crippen LogP contribution in [0.4, 0.5) is 0 Å². The lowest BCUT2D eigenvalue weighted by atomic mass is 9.97. The number of hydrogen-bond acceptors (Lipinski definition) is 3. The largest absolute Gasteiger partial charge is 0.378 e. The van der Waals surface area contributed by atoms with Crippen LogP contribution in [0.15, 0.2) is 59.6 Å². The van der Waals surface area contributed by atoms with Gasteiger partial charge >= 0.3 is 0 Å². The van der Waals surface area contributed by atoms with Gasteiger partial charge in [0.25, 0.3) is 0 Å². The van der Waals surface area contributed by atoms with Gasteiger partial charge in [0.2, 0.25) is 5.91 Å². The molecule has 1 atom stereocenters. The Morgan fingerprint density at radius 1 is 1.03 bits per heavy atom. The number of rotatable bonds is 7. The van der Waals surface area contributed by atoms with Crippen molar-refractivity contribution in [1.82, 2.24) is 15.5 Å². The molecule has 1 aliphatic heterocycles. The molecule has 2 aromatic rings. The van der Waals surface area contributed by atoms with Crippen LogP contribution >= 0.6 is 0 Å². The minimum absolute atomic E-state index is 0.129. The lowest BCUT2D eigenvalue weighted by Crippen LogP contribution is -2.47. The highest BCUT2D eigenvalue weighted by Gasteiger charge is 2.27. The number of nitrogens with one attached hydrogen (secondary N) is 2. The molecule has 0 aromatic heterocycles. The Hall–Kier alpha value is -2.86. The van der Waals surface area contributed by atoms with Crippen LogP contribution in [0.2, 0.25) is 0 Å². The van der Waals surface area contributed by atoms with Crippen LogP contribution in [0, 0.1) is 0 Å². The first-order valence-electron chi connectivity index (χ1n) is 10.7. The zero-order valence-electron chi connectivity index (χ0n) is 17.9. The zero-order valence-corrected chi connectivity index (χ0v) is 17.9. The minimum atomic E-state index is -0.272. The number of hydrogen-bond donors (Lipinski definition) is 2. The lowest BCUT2D eigenvalue weighted by Gasteiger charge is -2.31. The van der Waals surface area contributed by atoms with Crippen LogP contribution in [-0.2, 0) is 22.5 Å². The monoisotopic (exact) mass is 408 g/mol. The number of morpholine rings is 1. The van der Waals surface area contributed by atoms with Gasteiger partial charge in [0.1, 0.15) is 0 Å². The third-order valence-electron chi connectivity index (χ3n) is 5.47. The molecule has 0 aliphatic carbocycles. The molecule has 2 N–H and O–H groups in total. The van der Waals surface area contributed by atoms with E-state index in [4.69, 9.17) is 4.74 Å². The van der Waals surface area contributed by atoms with Gasteiger partial charge < -0.3 is 20.3 Å². The van der Waals surface area contributed by atoms with E-state index in [0.29, 0.717) is 45.4 Å². The van der Waals surface area contributed by atoms with Crippen LogP contribution in [0.1, 0.15) is 29.5 Å². The fourth-order valence-electron chi connectivity index (χ4n) is 3.71. The quantitative estimate of drug-likeness (QED) is 0.546. The van der Waals surface area contributed by atoms with Gasteiger partial charge in [0.05, 0.1) is 19.1 Å². The molecule has 30 heavy (non-hydrogen) atoms. The van der Waals surface area contributed by atoms with Crippen molar-refractivity contribution in [2.45, 2.75) is 25.8 Å². The number of guanidine groups is 1. The summed E-state index contributed by atoms with van der Waals surface area (Å²) in [5, 5.41) is 6.74. The maximum Gasteiger partial charge on any atom is 0.232 e. The number of carbonyl (C=O) groups excluding carboxylic acids is 1.